The molecule has 0 bridgehead atoms. The smallest absolute Gasteiger partial charge is 0.273 e. The van der Waals surface area contributed by atoms with E-state index in [-0.39, 0.29) is 4.90 Å². The van der Waals surface area contributed by atoms with E-state index >= 15 is 0 Å². The highest BCUT2D eigenvalue weighted by atomic mass is 35.5. The normalized spacial score (nSPS) is 12.7. The van der Waals surface area contributed by atoms with Gasteiger partial charge in [0, 0.05) is 5.02 Å². The van der Waals surface area contributed by atoms with E-state index in [0.717, 1.165) is 0 Å². The average molecular weight is 285 g/mol. The van der Waals surface area contributed by atoms with Crippen LogP contribution in [0.3, 0.4) is 0 Å². The van der Waals surface area contributed by atoms with Gasteiger partial charge in [0.05, 0.1) is 18.0 Å². The average Bonchev–Trinajstić information content (AvgIpc) is 2.27. The predicted octanol–water partition coefficient (Wildman–Crippen LogP) is 1.21. The molecule has 17 heavy (non-hydrogen) atoms. The van der Waals surface area contributed by atoms with Crippen molar-refractivity contribution in [1.82, 2.24) is 4.72 Å². The Labute approximate surface area is 103 Å². The Morgan fingerprint density at radius 2 is 1.82 bits per heavy atom. The van der Waals surface area contributed by atoms with Crippen LogP contribution in [0, 0.1) is 0 Å². The van der Waals surface area contributed by atoms with Gasteiger partial charge >= 0.3 is 0 Å². The van der Waals surface area contributed by atoms with E-state index in [0.29, 0.717) is 5.02 Å². The molecule has 0 unspecified atom stereocenters. The highest BCUT2D eigenvalue weighted by Gasteiger charge is 2.29. The molecular formula is C9H11ClF2N2O2S. The maximum Gasteiger partial charge on any atom is 0.273 e. The Morgan fingerprint density at radius 3 is 2.29 bits per heavy atom. The van der Waals surface area contributed by atoms with Gasteiger partial charge < -0.3 is 5.73 Å². The fourth-order valence-electron chi connectivity index (χ4n) is 0.970. The van der Waals surface area contributed by atoms with Gasteiger partial charge in [-0.25, -0.2) is 21.9 Å². The number of nitrogens with two attached hydrogens (primary N) is 1. The molecule has 0 amide bonds. The van der Waals surface area contributed by atoms with Crippen molar-refractivity contribution in [1.29, 1.82) is 0 Å². The molecule has 3 N–H and O–H groups in total. The molecule has 0 aromatic heterocycles. The molecule has 0 atom stereocenters. The summed E-state index contributed by atoms with van der Waals surface area (Å²) in [7, 11) is -3.96. The first-order chi connectivity index (χ1) is 7.77. The third-order valence-corrected chi connectivity index (χ3v) is 3.61. The Hall–Kier alpha value is -0.760. The van der Waals surface area contributed by atoms with Crippen molar-refractivity contribution in [3.05, 3.63) is 29.3 Å². The number of sulfonamides is 1. The van der Waals surface area contributed by atoms with E-state index in [9.17, 15) is 17.2 Å². The van der Waals surface area contributed by atoms with E-state index in [1.165, 1.54) is 24.3 Å². The lowest BCUT2D eigenvalue weighted by molar-refractivity contribution is 0.0170. The van der Waals surface area contributed by atoms with Crippen LogP contribution in [0.4, 0.5) is 8.78 Å². The lowest BCUT2D eigenvalue weighted by Crippen LogP contribution is -2.41. The fraction of sp³-hybridized carbons (Fsp3) is 0.333. The first-order valence-corrected chi connectivity index (χ1v) is 6.46. The van der Waals surface area contributed by atoms with Crippen molar-refractivity contribution in [2.24, 2.45) is 5.73 Å². The first-order valence-electron chi connectivity index (χ1n) is 4.60. The van der Waals surface area contributed by atoms with E-state index in [1.54, 1.807) is 4.72 Å². The van der Waals surface area contributed by atoms with Crippen LogP contribution in [0.15, 0.2) is 29.2 Å². The molecule has 1 rings (SSSR count). The van der Waals surface area contributed by atoms with Gasteiger partial charge in [-0.1, -0.05) is 11.6 Å². The topological polar surface area (TPSA) is 72.2 Å². The maximum absolute atomic E-state index is 12.8. The Kier molecular flexibility index (Phi) is 4.42. The van der Waals surface area contributed by atoms with Gasteiger partial charge in [-0.3, -0.25) is 0 Å². The van der Waals surface area contributed by atoms with E-state index in [1.807, 2.05) is 0 Å². The predicted molar refractivity (Wildman–Crippen MR) is 60.6 cm³/mol. The molecule has 1 aromatic rings. The van der Waals surface area contributed by atoms with Crippen LogP contribution >= 0.6 is 11.6 Å². The third kappa shape index (κ3) is 4.19. The van der Waals surface area contributed by atoms with Crippen LogP contribution in [-0.4, -0.2) is 27.4 Å². The third-order valence-electron chi connectivity index (χ3n) is 1.94. The summed E-state index contributed by atoms with van der Waals surface area (Å²) >= 11 is 5.58. The van der Waals surface area contributed by atoms with Gasteiger partial charge in [-0.2, -0.15) is 0 Å². The molecule has 0 aliphatic rings. The van der Waals surface area contributed by atoms with Crippen LogP contribution in [0.25, 0.3) is 0 Å². The monoisotopic (exact) mass is 284 g/mol. The van der Waals surface area contributed by atoms with Crippen LogP contribution in [0.5, 0.6) is 0 Å². The summed E-state index contributed by atoms with van der Waals surface area (Å²) in [6, 6.07) is 5.17. The zero-order chi connectivity index (χ0) is 13.1. The number of hydrogen-bond acceptors (Lipinski definition) is 3. The van der Waals surface area contributed by atoms with E-state index in [2.05, 4.69) is 0 Å². The van der Waals surface area contributed by atoms with Gasteiger partial charge in [0.25, 0.3) is 5.92 Å². The second-order valence-corrected chi connectivity index (χ2v) is 5.54. The number of rotatable bonds is 5. The van der Waals surface area contributed by atoms with Crippen molar-refractivity contribution in [2.75, 3.05) is 13.1 Å². The van der Waals surface area contributed by atoms with Crippen LogP contribution in [0.2, 0.25) is 5.02 Å². The summed E-state index contributed by atoms with van der Waals surface area (Å²) < 4.78 is 50.5. The zero-order valence-corrected chi connectivity index (χ0v) is 10.2. The summed E-state index contributed by atoms with van der Waals surface area (Å²) in [5.41, 5.74) is 4.79. The Morgan fingerprint density at radius 1 is 1.29 bits per heavy atom. The minimum Gasteiger partial charge on any atom is -0.325 e. The van der Waals surface area contributed by atoms with Crippen molar-refractivity contribution in [3.63, 3.8) is 0 Å². The van der Waals surface area contributed by atoms with Crippen LogP contribution < -0.4 is 10.5 Å². The molecule has 0 aliphatic carbocycles. The molecule has 1 aromatic carbocycles. The van der Waals surface area contributed by atoms with Crippen LogP contribution in [0.1, 0.15) is 0 Å². The zero-order valence-electron chi connectivity index (χ0n) is 8.66. The highest BCUT2D eigenvalue weighted by Crippen LogP contribution is 2.15. The Balaban J connectivity index is 2.79. The number of hydrogen-bond donors (Lipinski definition) is 2. The van der Waals surface area contributed by atoms with Crippen molar-refractivity contribution >= 4 is 21.6 Å². The van der Waals surface area contributed by atoms with Crippen molar-refractivity contribution < 1.29 is 17.2 Å². The molecule has 0 aliphatic heterocycles. The maximum atomic E-state index is 12.8. The van der Waals surface area contributed by atoms with Crippen molar-refractivity contribution in [2.45, 2.75) is 10.8 Å². The summed E-state index contributed by atoms with van der Waals surface area (Å²) in [6.07, 6.45) is 0. The molecule has 8 heteroatoms. The van der Waals surface area contributed by atoms with Gasteiger partial charge in [-0.05, 0) is 24.3 Å². The number of nitrogens with one attached hydrogen (secondary N) is 1. The highest BCUT2D eigenvalue weighted by molar-refractivity contribution is 7.89. The quantitative estimate of drug-likeness (QED) is 0.854. The number of alkyl halides is 2. The molecule has 0 saturated carbocycles. The standard InChI is InChI=1S/C9H11ClF2N2O2S/c10-7-1-3-8(4-2-7)17(15,16)14-6-9(11,12)5-13/h1-4,14H,5-6,13H2. The van der Waals surface area contributed by atoms with Gasteiger partial charge in [0.15, 0.2) is 0 Å². The number of halogens is 3. The minimum atomic E-state index is -3.96. The summed E-state index contributed by atoms with van der Waals surface area (Å²) in [5, 5.41) is 0.358. The first kappa shape index (κ1) is 14.3. The lowest BCUT2D eigenvalue weighted by Gasteiger charge is -2.14. The molecule has 0 radical (unpaired) electrons. The molecule has 4 nitrogen and oxygen atoms in total. The second-order valence-electron chi connectivity index (χ2n) is 3.34. The second kappa shape index (κ2) is 5.26. The minimum absolute atomic E-state index is 0.130. The largest absolute Gasteiger partial charge is 0.325 e. The number of benzene rings is 1. The summed E-state index contributed by atoms with van der Waals surface area (Å²) in [5.74, 6) is -3.26. The molecule has 0 saturated heterocycles. The molecule has 0 heterocycles. The summed E-state index contributed by atoms with van der Waals surface area (Å²) in [6.45, 7) is -1.95. The molecule has 96 valence electrons. The van der Waals surface area contributed by atoms with E-state index < -0.39 is 29.0 Å². The summed E-state index contributed by atoms with van der Waals surface area (Å²) in [4.78, 5) is -0.130. The molecule has 0 spiro atoms. The van der Waals surface area contributed by atoms with Gasteiger partial charge in [-0.15, -0.1) is 0 Å². The molecule has 0 fully saturated rings. The van der Waals surface area contributed by atoms with Crippen molar-refractivity contribution in [3.8, 4) is 0 Å². The van der Waals surface area contributed by atoms with E-state index in [4.69, 9.17) is 17.3 Å². The Bertz CT molecular complexity index is 476. The lowest BCUT2D eigenvalue weighted by atomic mass is 10.3. The van der Waals surface area contributed by atoms with Crippen LogP contribution in [-0.2, 0) is 10.0 Å². The SMILES string of the molecule is NCC(F)(F)CNS(=O)(=O)c1ccc(Cl)cc1. The molecular weight excluding hydrogens is 274 g/mol. The van der Waals surface area contributed by atoms with Gasteiger partial charge in [0.1, 0.15) is 0 Å². The fourth-order valence-corrected chi connectivity index (χ4v) is 2.16. The van der Waals surface area contributed by atoms with Gasteiger partial charge in [0.2, 0.25) is 10.0 Å².